The molecule has 2 aromatic rings. The maximum Gasteiger partial charge on any atom is 0.419 e. The Bertz CT molecular complexity index is 873. The summed E-state index contributed by atoms with van der Waals surface area (Å²) < 4.78 is 48.9. The third-order valence-electron chi connectivity index (χ3n) is 3.50. The summed E-state index contributed by atoms with van der Waals surface area (Å²) >= 11 is 0. The molecule has 0 amide bonds. The molecule has 0 spiro atoms. The number of benzene rings is 1. The fourth-order valence-corrected chi connectivity index (χ4v) is 2.28. The van der Waals surface area contributed by atoms with E-state index in [0.29, 0.717) is 11.3 Å². The van der Waals surface area contributed by atoms with Crippen LogP contribution >= 0.6 is 0 Å². The molecule has 2 heterocycles. The summed E-state index contributed by atoms with van der Waals surface area (Å²) in [4.78, 5) is 23.8. The first-order valence-electron chi connectivity index (χ1n) is 7.46. The first-order valence-corrected chi connectivity index (χ1v) is 7.46. The van der Waals surface area contributed by atoms with E-state index >= 15 is 0 Å². The Morgan fingerprint density at radius 2 is 1.65 bits per heavy atom. The molecule has 1 aliphatic rings. The molecule has 6 nitrogen and oxygen atoms in total. The summed E-state index contributed by atoms with van der Waals surface area (Å²) in [6.45, 7) is 2.88. The third-order valence-corrected chi connectivity index (χ3v) is 3.50. The molecular formula is C17H13F3N2O4. The van der Waals surface area contributed by atoms with Gasteiger partial charge in [0.1, 0.15) is 5.57 Å². The van der Waals surface area contributed by atoms with Crippen molar-refractivity contribution in [3.05, 3.63) is 53.4 Å². The molecule has 9 heteroatoms. The molecule has 1 aromatic carbocycles. The van der Waals surface area contributed by atoms with Crippen LogP contribution in [0.15, 0.2) is 42.2 Å². The van der Waals surface area contributed by atoms with Gasteiger partial charge >= 0.3 is 18.1 Å². The van der Waals surface area contributed by atoms with Crippen LogP contribution in [-0.4, -0.2) is 27.5 Å². The number of hydrogen-bond donors (Lipinski definition) is 0. The van der Waals surface area contributed by atoms with Crippen LogP contribution in [0.1, 0.15) is 25.0 Å². The number of aromatic nitrogens is 2. The van der Waals surface area contributed by atoms with E-state index in [-0.39, 0.29) is 5.57 Å². The van der Waals surface area contributed by atoms with Crippen molar-refractivity contribution in [3.8, 4) is 5.69 Å². The van der Waals surface area contributed by atoms with E-state index in [2.05, 4.69) is 5.10 Å². The van der Waals surface area contributed by atoms with Gasteiger partial charge in [0.2, 0.25) is 0 Å². The standard InChI is InChI=1S/C17H13F3N2O4/c1-16(2)25-14(23)13(15(24)26-16)7-10-3-5-12(6-4-10)22-9-11(8-21-22)17(18,19)20/h3-9H,1-2H3. The molecule has 0 radical (unpaired) electrons. The van der Waals surface area contributed by atoms with Crippen molar-refractivity contribution in [2.24, 2.45) is 0 Å². The van der Waals surface area contributed by atoms with Gasteiger partial charge in [-0.15, -0.1) is 0 Å². The van der Waals surface area contributed by atoms with Gasteiger partial charge in [0, 0.05) is 20.0 Å². The van der Waals surface area contributed by atoms with Crippen LogP contribution in [-0.2, 0) is 25.2 Å². The third kappa shape index (κ3) is 3.61. The summed E-state index contributed by atoms with van der Waals surface area (Å²) in [5.41, 5.74) is -0.271. The molecule has 136 valence electrons. The molecule has 0 aliphatic carbocycles. The van der Waals surface area contributed by atoms with Crippen molar-refractivity contribution in [2.45, 2.75) is 25.8 Å². The summed E-state index contributed by atoms with van der Waals surface area (Å²) in [5.74, 6) is -2.94. The number of carbonyl (C=O) groups is 2. The van der Waals surface area contributed by atoms with E-state index in [4.69, 9.17) is 9.47 Å². The highest BCUT2D eigenvalue weighted by Gasteiger charge is 2.38. The fourth-order valence-electron chi connectivity index (χ4n) is 2.28. The Balaban J connectivity index is 1.83. The topological polar surface area (TPSA) is 70.4 Å². The molecule has 0 saturated carbocycles. The average molecular weight is 366 g/mol. The van der Waals surface area contributed by atoms with Gasteiger partial charge in [-0.05, 0) is 23.8 Å². The average Bonchev–Trinajstić information content (AvgIpc) is 3.01. The molecule has 1 saturated heterocycles. The zero-order chi connectivity index (χ0) is 19.1. The van der Waals surface area contributed by atoms with E-state index < -0.39 is 29.5 Å². The van der Waals surface area contributed by atoms with Gasteiger partial charge in [-0.25, -0.2) is 14.3 Å². The smallest absolute Gasteiger partial charge is 0.419 e. The normalized spacial score (nSPS) is 16.9. The number of alkyl halides is 3. The zero-order valence-corrected chi connectivity index (χ0v) is 13.7. The molecule has 1 fully saturated rings. The van der Waals surface area contributed by atoms with Gasteiger partial charge in [-0.2, -0.15) is 18.3 Å². The lowest BCUT2D eigenvalue weighted by atomic mass is 10.1. The Morgan fingerprint density at radius 3 is 2.15 bits per heavy atom. The van der Waals surface area contributed by atoms with E-state index in [9.17, 15) is 22.8 Å². The summed E-state index contributed by atoms with van der Waals surface area (Å²) in [6, 6.07) is 6.06. The summed E-state index contributed by atoms with van der Waals surface area (Å²) in [5, 5.41) is 3.67. The molecule has 0 atom stereocenters. The summed E-state index contributed by atoms with van der Waals surface area (Å²) in [6.07, 6.45) is -1.59. The molecule has 0 N–H and O–H groups in total. The van der Waals surface area contributed by atoms with E-state index in [1.165, 1.54) is 44.2 Å². The second kappa shape index (κ2) is 6.01. The van der Waals surface area contributed by atoms with Gasteiger partial charge in [0.05, 0.1) is 17.4 Å². The Labute approximate surface area is 145 Å². The molecule has 1 aromatic heterocycles. The highest BCUT2D eigenvalue weighted by Crippen LogP contribution is 2.29. The number of hydrogen-bond acceptors (Lipinski definition) is 5. The van der Waals surface area contributed by atoms with Gasteiger partial charge in [-0.3, -0.25) is 0 Å². The predicted molar refractivity (Wildman–Crippen MR) is 82.8 cm³/mol. The first-order chi connectivity index (χ1) is 12.0. The van der Waals surface area contributed by atoms with Crippen molar-refractivity contribution < 1.29 is 32.2 Å². The van der Waals surface area contributed by atoms with Crippen LogP contribution in [0.25, 0.3) is 11.8 Å². The number of ether oxygens (including phenoxy) is 2. The number of halogens is 3. The highest BCUT2D eigenvalue weighted by molar-refractivity contribution is 6.18. The molecule has 1 aliphatic heterocycles. The number of nitrogens with zero attached hydrogens (tertiary/aromatic N) is 2. The maximum atomic E-state index is 12.6. The van der Waals surface area contributed by atoms with Crippen LogP contribution in [0.3, 0.4) is 0 Å². The number of cyclic esters (lactones) is 2. The molecular weight excluding hydrogens is 353 g/mol. The van der Waals surface area contributed by atoms with Crippen LogP contribution in [0, 0.1) is 0 Å². The SMILES string of the molecule is CC1(C)OC(=O)C(=Cc2ccc(-n3cc(C(F)(F)F)cn3)cc2)C(=O)O1. The lowest BCUT2D eigenvalue weighted by molar-refractivity contribution is -0.222. The Kier molecular flexibility index (Phi) is 4.09. The van der Waals surface area contributed by atoms with Crippen LogP contribution in [0.5, 0.6) is 0 Å². The maximum absolute atomic E-state index is 12.6. The molecule has 26 heavy (non-hydrogen) atoms. The minimum atomic E-state index is -4.47. The van der Waals surface area contributed by atoms with Crippen molar-refractivity contribution in [1.82, 2.24) is 9.78 Å². The quantitative estimate of drug-likeness (QED) is 0.464. The minimum absolute atomic E-state index is 0.268. The lowest BCUT2D eigenvalue weighted by Crippen LogP contribution is -2.41. The predicted octanol–water partition coefficient (Wildman–Crippen LogP) is 3.11. The van der Waals surface area contributed by atoms with E-state index in [1.807, 2.05) is 0 Å². The molecule has 0 unspecified atom stereocenters. The molecule has 3 rings (SSSR count). The Morgan fingerprint density at radius 1 is 1.08 bits per heavy atom. The molecule has 0 bridgehead atoms. The van der Waals surface area contributed by atoms with Gasteiger partial charge in [0.15, 0.2) is 0 Å². The van der Waals surface area contributed by atoms with Gasteiger partial charge < -0.3 is 9.47 Å². The second-order valence-electron chi connectivity index (χ2n) is 6.00. The van der Waals surface area contributed by atoms with Crippen molar-refractivity contribution in [2.75, 3.05) is 0 Å². The fraction of sp³-hybridized carbons (Fsp3) is 0.235. The number of carbonyl (C=O) groups excluding carboxylic acids is 2. The summed E-state index contributed by atoms with van der Waals surface area (Å²) in [7, 11) is 0. The lowest BCUT2D eigenvalue weighted by Gasteiger charge is -2.29. The minimum Gasteiger partial charge on any atom is -0.419 e. The van der Waals surface area contributed by atoms with Crippen LogP contribution in [0.4, 0.5) is 13.2 Å². The van der Waals surface area contributed by atoms with Gasteiger partial charge in [0.25, 0.3) is 5.79 Å². The number of rotatable bonds is 2. The van der Waals surface area contributed by atoms with Crippen molar-refractivity contribution >= 4 is 18.0 Å². The van der Waals surface area contributed by atoms with Crippen LogP contribution < -0.4 is 0 Å². The van der Waals surface area contributed by atoms with Crippen molar-refractivity contribution in [3.63, 3.8) is 0 Å². The van der Waals surface area contributed by atoms with Crippen molar-refractivity contribution in [1.29, 1.82) is 0 Å². The van der Waals surface area contributed by atoms with Gasteiger partial charge in [-0.1, -0.05) is 12.1 Å². The largest absolute Gasteiger partial charge is 0.419 e. The highest BCUT2D eigenvalue weighted by atomic mass is 19.4. The van der Waals surface area contributed by atoms with E-state index in [0.717, 1.165) is 17.1 Å². The second-order valence-corrected chi connectivity index (χ2v) is 6.00. The zero-order valence-electron chi connectivity index (χ0n) is 13.7. The monoisotopic (exact) mass is 366 g/mol. The Hall–Kier alpha value is -3.10. The number of esters is 2. The van der Waals surface area contributed by atoms with Crippen LogP contribution in [0.2, 0.25) is 0 Å². The van der Waals surface area contributed by atoms with E-state index in [1.54, 1.807) is 0 Å². The first kappa shape index (κ1) is 17.7.